The van der Waals surface area contributed by atoms with Gasteiger partial charge in [-0.05, 0) is 23.3 Å². The molecule has 2 unspecified atom stereocenters. The quantitative estimate of drug-likeness (QED) is 0.772. The molecule has 0 aromatic heterocycles. The number of hydrogen-bond donors (Lipinski definition) is 0. The van der Waals surface area contributed by atoms with E-state index in [0.29, 0.717) is 22.6 Å². The number of methoxy groups -OCH3 is 3. The number of carbonyl (C=O) groups is 2. The summed E-state index contributed by atoms with van der Waals surface area (Å²) >= 11 is 0. The third kappa shape index (κ3) is 1.91. The second-order valence-corrected chi connectivity index (χ2v) is 7.03. The second kappa shape index (κ2) is 5.83. The van der Waals surface area contributed by atoms with Crippen molar-refractivity contribution in [3.8, 4) is 11.5 Å². The lowest BCUT2D eigenvalue weighted by atomic mass is 9.58. The van der Waals surface area contributed by atoms with Crippen LogP contribution in [-0.2, 0) is 14.3 Å². The number of rotatable bonds is 3. The lowest BCUT2D eigenvalue weighted by Gasteiger charge is -2.44. The summed E-state index contributed by atoms with van der Waals surface area (Å²) in [6.07, 6.45) is 1.30. The molecule has 0 heterocycles. The molecule has 2 bridgehead atoms. The molecule has 0 aliphatic heterocycles. The smallest absolute Gasteiger partial charge is 0.225 e. The molecular weight excluding hydrogens is 356 g/mol. The van der Waals surface area contributed by atoms with Crippen molar-refractivity contribution >= 4 is 11.6 Å². The zero-order chi connectivity index (χ0) is 19.6. The van der Waals surface area contributed by atoms with Crippen molar-refractivity contribution in [3.05, 3.63) is 81.6 Å². The van der Waals surface area contributed by atoms with Gasteiger partial charge in [0.05, 0.1) is 21.3 Å². The van der Waals surface area contributed by atoms with Crippen LogP contribution in [0.5, 0.6) is 11.5 Å². The van der Waals surface area contributed by atoms with Crippen molar-refractivity contribution in [1.29, 1.82) is 0 Å². The topological polar surface area (TPSA) is 61.8 Å². The Hall–Kier alpha value is -3.34. The minimum atomic E-state index is -0.397. The van der Waals surface area contributed by atoms with Crippen molar-refractivity contribution in [2.24, 2.45) is 0 Å². The highest BCUT2D eigenvalue weighted by Gasteiger charge is 2.51. The van der Waals surface area contributed by atoms with Gasteiger partial charge in [0.2, 0.25) is 5.78 Å². The van der Waals surface area contributed by atoms with Gasteiger partial charge in [-0.2, -0.15) is 0 Å². The van der Waals surface area contributed by atoms with Gasteiger partial charge >= 0.3 is 0 Å². The molecule has 0 amide bonds. The minimum Gasteiger partial charge on any atom is -0.496 e. The summed E-state index contributed by atoms with van der Waals surface area (Å²) in [4.78, 5) is 26.3. The first kappa shape index (κ1) is 16.8. The maximum absolute atomic E-state index is 13.2. The van der Waals surface area contributed by atoms with E-state index >= 15 is 0 Å². The first-order valence-corrected chi connectivity index (χ1v) is 9.04. The lowest BCUT2D eigenvalue weighted by molar-refractivity contribution is -0.118. The van der Waals surface area contributed by atoms with E-state index in [1.54, 1.807) is 14.2 Å². The summed E-state index contributed by atoms with van der Waals surface area (Å²) in [6.45, 7) is 0. The Balaban J connectivity index is 1.89. The first-order chi connectivity index (χ1) is 13.6. The molecule has 0 saturated carbocycles. The van der Waals surface area contributed by atoms with Gasteiger partial charge in [-0.1, -0.05) is 24.3 Å². The molecule has 0 saturated heterocycles. The maximum atomic E-state index is 13.2. The lowest BCUT2D eigenvalue weighted by Crippen LogP contribution is -2.37. The minimum absolute atomic E-state index is 0.0807. The molecule has 2 atom stereocenters. The molecule has 0 fully saturated rings. The number of benzene rings is 2. The summed E-state index contributed by atoms with van der Waals surface area (Å²) in [7, 11) is 4.64. The average Bonchev–Trinajstić information content (AvgIpc) is 2.74. The molecule has 2 aromatic rings. The molecule has 4 aliphatic carbocycles. The van der Waals surface area contributed by atoms with Gasteiger partial charge in [0, 0.05) is 40.2 Å². The van der Waals surface area contributed by atoms with Gasteiger partial charge in [0.25, 0.3) is 0 Å². The van der Waals surface area contributed by atoms with Crippen molar-refractivity contribution in [2.45, 2.75) is 11.8 Å². The molecule has 140 valence electrons. The van der Waals surface area contributed by atoms with Gasteiger partial charge in [0.15, 0.2) is 11.5 Å². The second-order valence-electron chi connectivity index (χ2n) is 7.03. The molecule has 2 aromatic carbocycles. The first-order valence-electron chi connectivity index (χ1n) is 9.04. The van der Waals surface area contributed by atoms with Gasteiger partial charge in [-0.3, -0.25) is 9.59 Å². The molecule has 0 radical (unpaired) electrons. The normalized spacial score (nSPS) is 21.6. The van der Waals surface area contributed by atoms with Crippen LogP contribution in [0.25, 0.3) is 0 Å². The molecule has 5 nitrogen and oxygen atoms in total. The predicted molar refractivity (Wildman–Crippen MR) is 102 cm³/mol. The van der Waals surface area contributed by atoms with Crippen LogP contribution in [0.2, 0.25) is 0 Å². The van der Waals surface area contributed by atoms with E-state index in [0.717, 1.165) is 22.3 Å². The van der Waals surface area contributed by atoms with Gasteiger partial charge in [-0.25, -0.2) is 0 Å². The Labute approximate surface area is 162 Å². The summed E-state index contributed by atoms with van der Waals surface area (Å²) < 4.78 is 16.5. The monoisotopic (exact) mass is 374 g/mol. The van der Waals surface area contributed by atoms with E-state index in [1.165, 1.54) is 13.2 Å². The Morgan fingerprint density at radius 2 is 1.25 bits per heavy atom. The van der Waals surface area contributed by atoms with Crippen molar-refractivity contribution in [1.82, 2.24) is 0 Å². The van der Waals surface area contributed by atoms with Gasteiger partial charge in [-0.15, -0.1) is 0 Å². The number of allylic oxidation sites excluding steroid dienone is 3. The van der Waals surface area contributed by atoms with Crippen LogP contribution in [0.15, 0.2) is 59.4 Å². The summed E-state index contributed by atoms with van der Waals surface area (Å²) in [5.74, 6) is 0.254. The number of carbonyl (C=O) groups excluding carboxylic acids is 2. The van der Waals surface area contributed by atoms with Crippen LogP contribution < -0.4 is 9.47 Å². The molecule has 5 heteroatoms. The number of Topliss-reactive ketones (excluding diaryl/α,β-unsaturated/α-hetero) is 1. The van der Waals surface area contributed by atoms with Crippen LogP contribution in [0.4, 0.5) is 0 Å². The highest BCUT2D eigenvalue weighted by Crippen LogP contribution is 2.61. The largest absolute Gasteiger partial charge is 0.496 e. The van der Waals surface area contributed by atoms with E-state index in [2.05, 4.69) is 0 Å². The fourth-order valence-electron chi connectivity index (χ4n) is 4.88. The highest BCUT2D eigenvalue weighted by molar-refractivity contribution is 6.24. The molecular formula is C23H18O5. The predicted octanol–water partition coefficient (Wildman–Crippen LogP) is 3.27. The fourth-order valence-corrected chi connectivity index (χ4v) is 4.88. The van der Waals surface area contributed by atoms with Gasteiger partial charge < -0.3 is 14.2 Å². The summed E-state index contributed by atoms with van der Waals surface area (Å²) in [5, 5.41) is 0. The Bertz CT molecular complexity index is 1120. The van der Waals surface area contributed by atoms with E-state index in [4.69, 9.17) is 14.2 Å². The van der Waals surface area contributed by atoms with Crippen LogP contribution >= 0.6 is 0 Å². The highest BCUT2D eigenvalue weighted by atomic mass is 16.5. The van der Waals surface area contributed by atoms with Crippen molar-refractivity contribution in [2.75, 3.05) is 21.3 Å². The van der Waals surface area contributed by atoms with E-state index < -0.39 is 5.92 Å². The molecule has 6 rings (SSSR count). The van der Waals surface area contributed by atoms with Crippen LogP contribution in [-0.4, -0.2) is 32.9 Å². The summed E-state index contributed by atoms with van der Waals surface area (Å²) in [5.41, 5.74) is 4.85. The summed E-state index contributed by atoms with van der Waals surface area (Å²) in [6, 6.07) is 11.6. The molecule has 4 aliphatic rings. The van der Waals surface area contributed by atoms with Crippen LogP contribution in [0.1, 0.15) is 34.1 Å². The number of hydrogen-bond acceptors (Lipinski definition) is 5. The van der Waals surface area contributed by atoms with Crippen LogP contribution in [0, 0.1) is 0 Å². The molecule has 28 heavy (non-hydrogen) atoms. The Kier molecular flexibility index (Phi) is 3.50. The SMILES string of the molecule is COC1=CC(=O)C2=C(C1=O)C1c3ccccc3C2c2c(OC)ccc(OC)c21. The number of ether oxygens (including phenoxy) is 3. The third-order valence-electron chi connectivity index (χ3n) is 5.93. The molecule has 0 N–H and O–H groups in total. The fraction of sp³-hybridized carbons (Fsp3) is 0.217. The van der Waals surface area contributed by atoms with E-state index in [-0.39, 0.29) is 23.2 Å². The Morgan fingerprint density at radius 1 is 0.714 bits per heavy atom. The van der Waals surface area contributed by atoms with E-state index in [9.17, 15) is 9.59 Å². The van der Waals surface area contributed by atoms with E-state index in [1.807, 2.05) is 36.4 Å². The third-order valence-corrected chi connectivity index (χ3v) is 5.93. The standard InChI is InChI=1S/C23H18O5/c1-26-14-8-9-15(27-2)21-18-12-7-5-4-6-11(12)17(20(14)21)19-13(24)10-16(28-3)23(25)22(18)19/h4-10,17-18H,1-3H3. The van der Waals surface area contributed by atoms with Crippen LogP contribution in [0.3, 0.4) is 0 Å². The van der Waals surface area contributed by atoms with Gasteiger partial charge in [0.1, 0.15) is 11.5 Å². The average molecular weight is 374 g/mol. The number of ketones is 2. The zero-order valence-corrected chi connectivity index (χ0v) is 15.7. The van der Waals surface area contributed by atoms with Crippen molar-refractivity contribution in [3.63, 3.8) is 0 Å². The molecule has 0 spiro atoms. The zero-order valence-electron chi connectivity index (χ0n) is 15.7. The Morgan fingerprint density at radius 3 is 1.75 bits per heavy atom. The van der Waals surface area contributed by atoms with Crippen molar-refractivity contribution < 1.29 is 23.8 Å². The maximum Gasteiger partial charge on any atom is 0.225 e.